The maximum Gasteiger partial charge on any atom is 0.296 e. The number of rotatable bonds is 6. The predicted molar refractivity (Wildman–Crippen MR) is 83.9 cm³/mol. The predicted octanol–water partition coefficient (Wildman–Crippen LogP) is 4.37. The number of nitro benzene ring substituents is 1. The summed E-state index contributed by atoms with van der Waals surface area (Å²) in [5.41, 5.74) is 0.682. The SMILES string of the molecule is CCC(Nc1ccc(OC)cc1[N+](=O)[O-])C1CCCCC1. The summed E-state index contributed by atoms with van der Waals surface area (Å²) < 4.78 is 5.08. The summed E-state index contributed by atoms with van der Waals surface area (Å²) in [6.07, 6.45) is 7.27. The molecule has 1 atom stereocenters. The fraction of sp³-hybridized carbons (Fsp3) is 0.625. The van der Waals surface area contributed by atoms with Gasteiger partial charge in [-0.1, -0.05) is 26.2 Å². The molecule has 21 heavy (non-hydrogen) atoms. The van der Waals surface area contributed by atoms with Crippen LogP contribution in [0.4, 0.5) is 11.4 Å². The molecule has 2 rings (SSSR count). The molecule has 116 valence electrons. The minimum atomic E-state index is -0.349. The number of hydrogen-bond acceptors (Lipinski definition) is 4. The number of benzene rings is 1. The van der Waals surface area contributed by atoms with Crippen LogP contribution in [0.15, 0.2) is 18.2 Å². The highest BCUT2D eigenvalue weighted by Gasteiger charge is 2.25. The van der Waals surface area contributed by atoms with E-state index >= 15 is 0 Å². The van der Waals surface area contributed by atoms with Crippen molar-refractivity contribution in [1.29, 1.82) is 0 Å². The lowest BCUT2D eigenvalue weighted by molar-refractivity contribution is -0.384. The van der Waals surface area contributed by atoms with Gasteiger partial charge in [-0.15, -0.1) is 0 Å². The first-order chi connectivity index (χ1) is 10.2. The molecule has 5 heteroatoms. The molecule has 1 aliphatic carbocycles. The summed E-state index contributed by atoms with van der Waals surface area (Å²) in [6, 6.07) is 5.30. The Morgan fingerprint density at radius 1 is 1.38 bits per heavy atom. The van der Waals surface area contributed by atoms with Crippen LogP contribution in [0.2, 0.25) is 0 Å². The molecule has 0 saturated heterocycles. The van der Waals surface area contributed by atoms with Crippen molar-refractivity contribution < 1.29 is 9.66 Å². The Labute approximate surface area is 125 Å². The summed E-state index contributed by atoms with van der Waals surface area (Å²) >= 11 is 0. The molecule has 0 aliphatic heterocycles. The maximum atomic E-state index is 11.2. The molecule has 0 aromatic heterocycles. The van der Waals surface area contributed by atoms with Gasteiger partial charge < -0.3 is 10.1 Å². The maximum absolute atomic E-state index is 11.2. The van der Waals surface area contributed by atoms with Gasteiger partial charge in [0, 0.05) is 6.04 Å². The fourth-order valence-electron chi connectivity index (χ4n) is 3.20. The van der Waals surface area contributed by atoms with Gasteiger partial charge in [0.05, 0.1) is 18.1 Å². The Kier molecular flexibility index (Phi) is 5.42. The fourth-order valence-corrected chi connectivity index (χ4v) is 3.20. The van der Waals surface area contributed by atoms with Crippen LogP contribution in [0.3, 0.4) is 0 Å². The molecule has 1 fully saturated rings. The van der Waals surface area contributed by atoms with Crippen molar-refractivity contribution >= 4 is 11.4 Å². The minimum Gasteiger partial charge on any atom is -0.496 e. The number of nitro groups is 1. The van der Waals surface area contributed by atoms with Gasteiger partial charge in [0.15, 0.2) is 0 Å². The number of anilines is 1. The third kappa shape index (κ3) is 3.86. The molecule has 1 aromatic carbocycles. The molecular weight excluding hydrogens is 268 g/mol. The number of nitrogens with zero attached hydrogens (tertiary/aromatic N) is 1. The van der Waals surface area contributed by atoms with Gasteiger partial charge in [0.2, 0.25) is 0 Å². The first-order valence-electron chi connectivity index (χ1n) is 7.74. The van der Waals surface area contributed by atoms with Crippen LogP contribution in [-0.2, 0) is 0 Å². The first kappa shape index (κ1) is 15.6. The average Bonchev–Trinajstić information content (AvgIpc) is 2.53. The zero-order chi connectivity index (χ0) is 15.2. The van der Waals surface area contributed by atoms with Crippen molar-refractivity contribution in [2.75, 3.05) is 12.4 Å². The zero-order valence-electron chi connectivity index (χ0n) is 12.8. The van der Waals surface area contributed by atoms with E-state index in [9.17, 15) is 10.1 Å². The summed E-state index contributed by atoms with van der Waals surface area (Å²) in [5.74, 6) is 1.13. The van der Waals surface area contributed by atoms with E-state index in [-0.39, 0.29) is 10.6 Å². The van der Waals surface area contributed by atoms with Crippen molar-refractivity contribution in [3.05, 3.63) is 28.3 Å². The molecule has 0 amide bonds. The first-order valence-corrected chi connectivity index (χ1v) is 7.74. The van der Waals surface area contributed by atoms with Gasteiger partial charge in [0.25, 0.3) is 5.69 Å². The van der Waals surface area contributed by atoms with E-state index in [2.05, 4.69) is 12.2 Å². The lowest BCUT2D eigenvalue weighted by Gasteiger charge is -2.30. The number of nitrogens with one attached hydrogen (secondary N) is 1. The second-order valence-corrected chi connectivity index (χ2v) is 5.70. The van der Waals surface area contributed by atoms with E-state index in [1.807, 2.05) is 0 Å². The molecule has 1 unspecified atom stereocenters. The van der Waals surface area contributed by atoms with Gasteiger partial charge in [-0.25, -0.2) is 0 Å². The molecule has 1 N–H and O–H groups in total. The Balaban J connectivity index is 2.17. The van der Waals surface area contributed by atoms with Crippen LogP contribution in [-0.4, -0.2) is 18.1 Å². The lowest BCUT2D eigenvalue weighted by Crippen LogP contribution is -2.30. The molecule has 0 bridgehead atoms. The van der Waals surface area contributed by atoms with Crippen LogP contribution in [0.25, 0.3) is 0 Å². The third-order valence-electron chi connectivity index (χ3n) is 4.40. The zero-order valence-corrected chi connectivity index (χ0v) is 12.8. The molecular formula is C16H24N2O3. The summed E-state index contributed by atoms with van der Waals surface area (Å²) in [5, 5.41) is 14.6. The molecule has 0 heterocycles. The summed E-state index contributed by atoms with van der Waals surface area (Å²) in [7, 11) is 1.52. The van der Waals surface area contributed by atoms with Crippen LogP contribution < -0.4 is 10.1 Å². The summed E-state index contributed by atoms with van der Waals surface area (Å²) in [6.45, 7) is 2.14. The van der Waals surface area contributed by atoms with Crippen LogP contribution in [0.1, 0.15) is 45.4 Å². The number of hydrogen-bond donors (Lipinski definition) is 1. The molecule has 1 saturated carbocycles. The van der Waals surface area contributed by atoms with Crippen molar-refractivity contribution in [2.24, 2.45) is 5.92 Å². The highest BCUT2D eigenvalue weighted by Crippen LogP contribution is 2.34. The van der Waals surface area contributed by atoms with Crippen LogP contribution in [0.5, 0.6) is 5.75 Å². The second kappa shape index (κ2) is 7.29. The van der Waals surface area contributed by atoms with E-state index in [1.165, 1.54) is 45.3 Å². The van der Waals surface area contributed by atoms with E-state index in [0.29, 0.717) is 23.4 Å². The van der Waals surface area contributed by atoms with E-state index in [0.717, 1.165) is 6.42 Å². The standard InChI is InChI=1S/C16H24N2O3/c1-3-14(12-7-5-4-6-8-12)17-15-10-9-13(21-2)11-16(15)18(19)20/h9-12,14,17H,3-8H2,1-2H3. The Morgan fingerprint density at radius 3 is 2.67 bits per heavy atom. The van der Waals surface area contributed by atoms with Crippen LogP contribution >= 0.6 is 0 Å². The van der Waals surface area contributed by atoms with Crippen molar-refractivity contribution in [3.8, 4) is 5.75 Å². The quantitative estimate of drug-likeness (QED) is 0.624. The van der Waals surface area contributed by atoms with Crippen molar-refractivity contribution in [1.82, 2.24) is 0 Å². The monoisotopic (exact) mass is 292 g/mol. The van der Waals surface area contributed by atoms with Gasteiger partial charge in [0.1, 0.15) is 11.4 Å². The molecule has 1 aliphatic rings. The average molecular weight is 292 g/mol. The minimum absolute atomic E-state index is 0.0867. The van der Waals surface area contributed by atoms with E-state index in [1.54, 1.807) is 12.1 Å². The van der Waals surface area contributed by atoms with E-state index < -0.39 is 0 Å². The van der Waals surface area contributed by atoms with Gasteiger partial charge in [-0.3, -0.25) is 10.1 Å². The molecule has 1 aromatic rings. The van der Waals surface area contributed by atoms with Gasteiger partial charge in [-0.2, -0.15) is 0 Å². The molecule has 5 nitrogen and oxygen atoms in total. The Hall–Kier alpha value is -1.78. The van der Waals surface area contributed by atoms with Crippen molar-refractivity contribution in [3.63, 3.8) is 0 Å². The molecule has 0 spiro atoms. The normalized spacial score (nSPS) is 17.2. The highest BCUT2D eigenvalue weighted by molar-refractivity contribution is 5.64. The van der Waals surface area contributed by atoms with Gasteiger partial charge in [-0.05, 0) is 37.3 Å². The Morgan fingerprint density at radius 2 is 2.10 bits per heavy atom. The second-order valence-electron chi connectivity index (χ2n) is 5.70. The number of methoxy groups -OCH3 is 1. The Bertz CT molecular complexity index is 484. The largest absolute Gasteiger partial charge is 0.496 e. The topological polar surface area (TPSA) is 64.4 Å². The summed E-state index contributed by atoms with van der Waals surface area (Å²) in [4.78, 5) is 10.9. The van der Waals surface area contributed by atoms with E-state index in [4.69, 9.17) is 4.74 Å². The third-order valence-corrected chi connectivity index (χ3v) is 4.40. The number of ether oxygens (including phenoxy) is 1. The van der Waals surface area contributed by atoms with Crippen LogP contribution in [0, 0.1) is 16.0 Å². The lowest BCUT2D eigenvalue weighted by atomic mass is 9.83. The van der Waals surface area contributed by atoms with Crippen molar-refractivity contribution in [2.45, 2.75) is 51.5 Å². The smallest absolute Gasteiger partial charge is 0.296 e. The molecule has 0 radical (unpaired) electrons. The highest BCUT2D eigenvalue weighted by atomic mass is 16.6. The van der Waals surface area contributed by atoms with Gasteiger partial charge >= 0.3 is 0 Å².